The Bertz CT molecular complexity index is 1800. The molecule has 1 saturated carbocycles. The number of pyridine rings is 1. The quantitative estimate of drug-likeness (QED) is 0.167. The van der Waals surface area contributed by atoms with Crippen molar-refractivity contribution in [2.24, 2.45) is 29.6 Å². The average Bonchev–Trinajstić information content (AvgIpc) is 3.27. The van der Waals surface area contributed by atoms with Gasteiger partial charge in [-0.2, -0.15) is 0 Å². The van der Waals surface area contributed by atoms with Crippen molar-refractivity contribution in [3.05, 3.63) is 59.5 Å². The van der Waals surface area contributed by atoms with Crippen molar-refractivity contribution in [3.63, 3.8) is 0 Å². The number of aliphatic hydroxyl groups excluding tert-OH is 2. The van der Waals surface area contributed by atoms with E-state index in [9.17, 15) is 34.5 Å². The summed E-state index contributed by atoms with van der Waals surface area (Å²) in [6.45, 7) is 9.28. The molecule has 2 saturated heterocycles. The number of amides is 1. The number of allylic oxidation sites excluding steroid dienone is 4. The van der Waals surface area contributed by atoms with Gasteiger partial charge in [-0.05, 0) is 114 Å². The monoisotopic (exact) mass is 881 g/mol. The van der Waals surface area contributed by atoms with Crippen LogP contribution in [0.25, 0.3) is 6.08 Å². The first kappa shape index (κ1) is 50.4. The first-order chi connectivity index (χ1) is 30.0. The predicted octanol–water partition coefficient (Wildman–Crippen LogP) is 5.56. The molecule has 1 aromatic heterocycles. The van der Waals surface area contributed by atoms with Crippen LogP contribution in [0.2, 0.25) is 0 Å². The molecule has 0 radical (unpaired) electrons. The molecule has 1 amide bonds. The number of ketones is 2. The highest BCUT2D eigenvalue weighted by Gasteiger charge is 2.56. The van der Waals surface area contributed by atoms with E-state index in [4.69, 9.17) is 23.7 Å². The minimum absolute atomic E-state index is 0.0176. The van der Waals surface area contributed by atoms with Crippen molar-refractivity contribution in [3.8, 4) is 0 Å². The van der Waals surface area contributed by atoms with E-state index in [-0.39, 0.29) is 49.5 Å². The van der Waals surface area contributed by atoms with Crippen LogP contribution in [-0.4, -0.2) is 131 Å². The molecule has 14 atom stereocenters. The maximum Gasteiger partial charge on any atom is 0.329 e. The predicted molar refractivity (Wildman–Crippen MR) is 236 cm³/mol. The number of carbonyl (C=O) groups excluding carboxylic acids is 4. The standard InChI is InChI=1S/C49H72N2O12/c1-29-22-30(2)24-42(60-7)45-43(61-8)26-32(4)49(58,63-45)46(55)47(56)51-21-12-10-17-37(51)48(57)62-44(31(3)25-34-18-19-38(52)41(27-34)59-6)33(5)39(53)28-40(54)35(23-29)14-13-16-36-15-9-11-20-50-36/h9,11,13,15-16,20,23,25,30,32-35,37-39,41-45,52-53,58H,10,12,14,17-19,21-22,24,26-28H2,1-8H3/b16-13+,29-23+,31-25+/t30-,32+,33+,34-,35+,37-,38+,39-,41+,42-,43-,44+,45+,49+/m0/s1. The van der Waals surface area contributed by atoms with E-state index in [1.54, 1.807) is 27.2 Å². The van der Waals surface area contributed by atoms with E-state index in [1.807, 2.05) is 63.3 Å². The smallest absolute Gasteiger partial charge is 0.329 e. The molecule has 3 aliphatic heterocycles. The topological polar surface area (TPSA) is 191 Å². The first-order valence-electron chi connectivity index (χ1n) is 22.9. The third kappa shape index (κ3) is 12.6. The molecular formula is C49H72N2O12. The zero-order chi connectivity index (χ0) is 46.0. The van der Waals surface area contributed by atoms with Gasteiger partial charge in [0.2, 0.25) is 5.79 Å². The van der Waals surface area contributed by atoms with E-state index < -0.39 is 83.9 Å². The Labute approximate surface area is 373 Å². The Kier molecular flexibility index (Phi) is 18.4. The van der Waals surface area contributed by atoms with Gasteiger partial charge >= 0.3 is 5.97 Å². The maximum atomic E-state index is 14.5. The molecular weight excluding hydrogens is 809 g/mol. The number of Topliss-reactive ketones (excluding diaryl/α,β-unsaturated/α-hetero) is 2. The Balaban J connectivity index is 1.55. The van der Waals surface area contributed by atoms with Crippen LogP contribution in [0.1, 0.15) is 111 Å². The lowest BCUT2D eigenvalue weighted by Crippen LogP contribution is -2.64. The molecule has 4 heterocycles. The molecule has 63 heavy (non-hydrogen) atoms. The number of nitrogens with zero attached hydrogens (tertiary/aromatic N) is 2. The molecule has 0 aromatic carbocycles. The number of carbonyl (C=O) groups is 4. The van der Waals surface area contributed by atoms with Crippen LogP contribution in [0.15, 0.2) is 53.8 Å². The number of rotatable bonds is 8. The number of aliphatic hydroxyl groups is 3. The number of cyclic esters (lactones) is 1. The second-order valence-corrected chi connectivity index (χ2v) is 18.6. The molecule has 1 aromatic rings. The van der Waals surface area contributed by atoms with Crippen LogP contribution in [0, 0.1) is 29.6 Å². The van der Waals surface area contributed by atoms with E-state index in [2.05, 4.69) is 4.98 Å². The lowest BCUT2D eigenvalue weighted by molar-refractivity contribution is -0.302. The second kappa shape index (κ2) is 23.0. The minimum Gasteiger partial charge on any atom is -0.456 e. The number of hydrogen-bond acceptors (Lipinski definition) is 13. The van der Waals surface area contributed by atoms with Crippen molar-refractivity contribution in [1.82, 2.24) is 9.88 Å². The molecule has 2 bridgehead atoms. The third-order valence-corrected chi connectivity index (χ3v) is 13.8. The van der Waals surface area contributed by atoms with Crippen LogP contribution in [0.3, 0.4) is 0 Å². The molecule has 3 N–H and O–H groups in total. The number of esters is 1. The van der Waals surface area contributed by atoms with Gasteiger partial charge in [-0.15, -0.1) is 0 Å². The highest BCUT2D eigenvalue weighted by Crippen LogP contribution is 2.39. The molecule has 14 heteroatoms. The zero-order valence-electron chi connectivity index (χ0n) is 38.5. The highest BCUT2D eigenvalue weighted by atomic mass is 16.7. The van der Waals surface area contributed by atoms with Gasteiger partial charge in [0.1, 0.15) is 24.0 Å². The van der Waals surface area contributed by atoms with Gasteiger partial charge in [0, 0.05) is 58.2 Å². The van der Waals surface area contributed by atoms with E-state index in [1.165, 1.54) is 19.1 Å². The van der Waals surface area contributed by atoms with Crippen molar-refractivity contribution in [2.75, 3.05) is 27.9 Å². The molecule has 3 fully saturated rings. The van der Waals surface area contributed by atoms with Gasteiger partial charge in [-0.3, -0.25) is 19.4 Å². The fraction of sp³-hybridized carbons (Fsp3) is 0.694. The Morgan fingerprint density at radius 2 is 1.63 bits per heavy atom. The molecule has 4 aliphatic rings. The third-order valence-electron chi connectivity index (χ3n) is 13.8. The number of piperidine rings is 1. The highest BCUT2D eigenvalue weighted by molar-refractivity contribution is 6.39. The zero-order valence-corrected chi connectivity index (χ0v) is 38.5. The Morgan fingerprint density at radius 3 is 2.32 bits per heavy atom. The van der Waals surface area contributed by atoms with Crippen LogP contribution in [0.4, 0.5) is 0 Å². The SMILES string of the molecule is CO[C@H]1C[C@@H](C)C/C(C)=C/[C@@H](C/C=C/c2ccccn2)C(=O)C[C@H](O)[C@@H](C)[C@@H](/C(C)=C/[C@@H]2CC[C@@H](O)[C@H](OC)C2)OC(=O)[C@@H]2CCCCN2C(=O)C(=O)[C@]2(O)O[C@H]1[C@@H](OC)C[C@H]2C. The summed E-state index contributed by atoms with van der Waals surface area (Å²) in [7, 11) is 4.62. The molecule has 1 aliphatic carbocycles. The van der Waals surface area contributed by atoms with Crippen molar-refractivity contribution < 1.29 is 58.2 Å². The summed E-state index contributed by atoms with van der Waals surface area (Å²) in [6, 6.07) is 4.44. The van der Waals surface area contributed by atoms with Crippen molar-refractivity contribution >= 4 is 29.5 Å². The molecule has 14 nitrogen and oxygen atoms in total. The van der Waals surface area contributed by atoms with Crippen LogP contribution < -0.4 is 0 Å². The minimum atomic E-state index is -2.53. The lowest BCUT2D eigenvalue weighted by atomic mass is 9.81. The number of aromatic nitrogens is 1. The summed E-state index contributed by atoms with van der Waals surface area (Å²) in [5.41, 5.74) is 2.34. The van der Waals surface area contributed by atoms with E-state index >= 15 is 0 Å². The molecule has 0 spiro atoms. The normalized spacial score (nSPS) is 38.3. The van der Waals surface area contributed by atoms with Gasteiger partial charge < -0.3 is 43.9 Å². The van der Waals surface area contributed by atoms with Crippen molar-refractivity contribution in [1.29, 1.82) is 0 Å². The number of fused-ring (bicyclic) bond motifs is 3. The summed E-state index contributed by atoms with van der Waals surface area (Å²) in [5, 5.41) is 34.5. The van der Waals surface area contributed by atoms with Crippen LogP contribution >= 0.6 is 0 Å². The summed E-state index contributed by atoms with van der Waals surface area (Å²) in [4.78, 5) is 63.0. The second-order valence-electron chi connectivity index (χ2n) is 18.6. The summed E-state index contributed by atoms with van der Waals surface area (Å²) in [5.74, 6) is -7.94. The van der Waals surface area contributed by atoms with Crippen LogP contribution in [-0.2, 0) is 42.9 Å². The van der Waals surface area contributed by atoms with Gasteiger partial charge in [0.25, 0.3) is 11.7 Å². The number of hydrogen-bond donors (Lipinski definition) is 3. The van der Waals surface area contributed by atoms with Crippen molar-refractivity contribution in [2.45, 2.75) is 160 Å². The van der Waals surface area contributed by atoms with Gasteiger partial charge in [0.15, 0.2) is 0 Å². The summed E-state index contributed by atoms with van der Waals surface area (Å²) < 4.78 is 30.0. The Hall–Kier alpha value is -3.63. The fourth-order valence-electron chi connectivity index (χ4n) is 10.1. The lowest BCUT2D eigenvalue weighted by Gasteiger charge is -2.47. The van der Waals surface area contributed by atoms with Gasteiger partial charge in [-0.1, -0.05) is 50.6 Å². The summed E-state index contributed by atoms with van der Waals surface area (Å²) >= 11 is 0. The molecule has 0 unspecified atom stereocenters. The number of methoxy groups -OCH3 is 3. The molecule has 5 rings (SSSR count). The largest absolute Gasteiger partial charge is 0.456 e. The van der Waals surface area contributed by atoms with Gasteiger partial charge in [0.05, 0.1) is 36.2 Å². The Morgan fingerprint density at radius 1 is 0.921 bits per heavy atom. The maximum absolute atomic E-state index is 14.5. The van der Waals surface area contributed by atoms with E-state index in [0.29, 0.717) is 56.9 Å². The summed E-state index contributed by atoms with van der Waals surface area (Å²) in [6.07, 6.45) is 8.48. The fourth-order valence-corrected chi connectivity index (χ4v) is 10.1. The van der Waals surface area contributed by atoms with Crippen LogP contribution in [0.5, 0.6) is 0 Å². The average molecular weight is 881 g/mol. The first-order valence-corrected chi connectivity index (χ1v) is 22.9. The molecule has 350 valence electrons. The number of ether oxygens (including phenoxy) is 5. The van der Waals surface area contributed by atoms with E-state index in [0.717, 1.165) is 11.3 Å². The van der Waals surface area contributed by atoms with Gasteiger partial charge in [-0.25, -0.2) is 4.79 Å².